The molecule has 2 fully saturated rings. The molecule has 2 aliphatic rings. The molecule has 0 atom stereocenters. The lowest BCUT2D eigenvalue weighted by atomic mass is 9.77. The summed E-state index contributed by atoms with van der Waals surface area (Å²) in [5.74, 6) is 0. The van der Waals surface area contributed by atoms with Crippen LogP contribution in [0, 0.1) is 0 Å². The van der Waals surface area contributed by atoms with Gasteiger partial charge in [0.25, 0.3) is 0 Å². The van der Waals surface area contributed by atoms with Crippen molar-refractivity contribution in [1.29, 1.82) is 0 Å². The van der Waals surface area contributed by atoms with Gasteiger partial charge < -0.3 is 14.0 Å². The second-order valence-corrected chi connectivity index (χ2v) is 8.37. The van der Waals surface area contributed by atoms with Gasteiger partial charge in [-0.15, -0.1) is 0 Å². The molecule has 0 bridgehead atoms. The van der Waals surface area contributed by atoms with Gasteiger partial charge >= 0.3 is 7.12 Å². The first-order valence-corrected chi connectivity index (χ1v) is 8.92. The molecule has 2 aliphatic heterocycles. The van der Waals surface area contributed by atoms with Gasteiger partial charge in [0.2, 0.25) is 0 Å². The Bertz CT molecular complexity index is 561. The number of benzene rings is 1. The van der Waals surface area contributed by atoms with E-state index < -0.39 is 0 Å². The molecule has 0 spiro atoms. The third kappa shape index (κ3) is 3.15. The van der Waals surface area contributed by atoms with E-state index in [4.69, 9.17) is 14.0 Å². The third-order valence-electron chi connectivity index (χ3n) is 5.94. The smallest absolute Gasteiger partial charge is 0.399 e. The lowest BCUT2D eigenvalue weighted by Gasteiger charge is -2.41. The zero-order chi connectivity index (χ0) is 17.6. The minimum atomic E-state index is -0.302. The van der Waals surface area contributed by atoms with E-state index in [2.05, 4.69) is 70.7 Å². The Morgan fingerprint density at radius 1 is 0.917 bits per heavy atom. The van der Waals surface area contributed by atoms with Crippen LogP contribution in [0.25, 0.3) is 0 Å². The average molecular weight is 331 g/mol. The second-order valence-electron chi connectivity index (χ2n) is 8.37. The molecule has 2 heterocycles. The number of rotatable bonds is 3. The van der Waals surface area contributed by atoms with Crippen LogP contribution in [0.2, 0.25) is 0 Å². The Kier molecular flexibility index (Phi) is 4.58. The first-order valence-electron chi connectivity index (χ1n) is 8.92. The highest BCUT2D eigenvalue weighted by Crippen LogP contribution is 2.36. The van der Waals surface area contributed by atoms with E-state index in [-0.39, 0.29) is 23.9 Å². The molecule has 0 amide bonds. The maximum atomic E-state index is 6.14. The van der Waals surface area contributed by atoms with E-state index in [9.17, 15) is 0 Å². The summed E-state index contributed by atoms with van der Waals surface area (Å²) < 4.78 is 17.8. The largest absolute Gasteiger partial charge is 0.494 e. The fraction of sp³-hybridized carbons (Fsp3) is 0.684. The van der Waals surface area contributed by atoms with Crippen LogP contribution in [0.5, 0.6) is 0 Å². The van der Waals surface area contributed by atoms with Gasteiger partial charge in [-0.2, -0.15) is 0 Å². The molecule has 5 heteroatoms. The minimum absolute atomic E-state index is 0.00174. The second kappa shape index (κ2) is 6.13. The Balaban J connectivity index is 1.76. The van der Waals surface area contributed by atoms with E-state index in [0.29, 0.717) is 0 Å². The third-order valence-corrected chi connectivity index (χ3v) is 5.94. The predicted octanol–water partition coefficient (Wildman–Crippen LogP) is 2.55. The first kappa shape index (κ1) is 17.9. The predicted molar refractivity (Wildman–Crippen MR) is 97.6 cm³/mol. The molecule has 0 saturated carbocycles. The maximum absolute atomic E-state index is 6.14. The van der Waals surface area contributed by atoms with Crippen molar-refractivity contribution in [2.75, 3.05) is 26.3 Å². The number of hydrogen-bond donors (Lipinski definition) is 0. The van der Waals surface area contributed by atoms with E-state index in [1.807, 2.05) is 0 Å². The van der Waals surface area contributed by atoms with E-state index in [1.165, 1.54) is 5.56 Å². The lowest BCUT2D eigenvalue weighted by Crippen LogP contribution is -2.48. The Labute approximate surface area is 146 Å². The van der Waals surface area contributed by atoms with Crippen molar-refractivity contribution in [1.82, 2.24) is 4.90 Å². The van der Waals surface area contributed by atoms with Crippen molar-refractivity contribution in [3.63, 3.8) is 0 Å². The summed E-state index contributed by atoms with van der Waals surface area (Å²) in [6, 6.07) is 8.69. The molecule has 4 nitrogen and oxygen atoms in total. The van der Waals surface area contributed by atoms with Gasteiger partial charge in [0.05, 0.1) is 24.4 Å². The fourth-order valence-corrected chi connectivity index (χ4v) is 3.33. The molecule has 0 aliphatic carbocycles. The molecule has 0 aromatic heterocycles. The first-order chi connectivity index (χ1) is 11.1. The summed E-state index contributed by atoms with van der Waals surface area (Å²) in [4.78, 5) is 2.49. The van der Waals surface area contributed by atoms with Gasteiger partial charge in [0.15, 0.2) is 0 Å². The molecular formula is C19H30BNO3. The molecule has 24 heavy (non-hydrogen) atoms. The minimum Gasteiger partial charge on any atom is -0.399 e. The number of morpholine rings is 1. The monoisotopic (exact) mass is 331 g/mol. The van der Waals surface area contributed by atoms with Gasteiger partial charge in [-0.05, 0) is 52.6 Å². The van der Waals surface area contributed by atoms with E-state index >= 15 is 0 Å². The standard InChI is InChI=1S/C19H30BNO3/c1-17(2,21-11-13-22-14-12-21)15-7-9-16(10-8-15)20-23-18(3,4)19(5,6)24-20/h7-10H,11-14H2,1-6H3. The summed E-state index contributed by atoms with van der Waals surface area (Å²) in [6.07, 6.45) is 0. The molecule has 1 aromatic carbocycles. The van der Waals surface area contributed by atoms with Crippen LogP contribution in [-0.4, -0.2) is 49.5 Å². The Morgan fingerprint density at radius 3 is 1.92 bits per heavy atom. The van der Waals surface area contributed by atoms with Crippen LogP contribution in [0.3, 0.4) is 0 Å². The molecule has 3 rings (SSSR count). The summed E-state index contributed by atoms with van der Waals surface area (Å²) in [5.41, 5.74) is 1.78. The molecule has 0 N–H and O–H groups in total. The van der Waals surface area contributed by atoms with Crippen molar-refractivity contribution in [3.05, 3.63) is 29.8 Å². The van der Waals surface area contributed by atoms with Crippen molar-refractivity contribution < 1.29 is 14.0 Å². The SMILES string of the molecule is CC(C)(c1ccc(B2OC(C)(C)C(C)(C)O2)cc1)N1CCOCC1. The number of hydrogen-bond acceptors (Lipinski definition) is 4. The van der Waals surface area contributed by atoms with Crippen molar-refractivity contribution in [2.45, 2.75) is 58.3 Å². The summed E-state index contributed by atoms with van der Waals surface area (Å²) in [6.45, 7) is 16.5. The van der Waals surface area contributed by atoms with Gasteiger partial charge in [-0.25, -0.2) is 0 Å². The topological polar surface area (TPSA) is 30.9 Å². The molecule has 0 radical (unpaired) electrons. The summed E-state index contributed by atoms with van der Waals surface area (Å²) >= 11 is 0. The highest BCUT2D eigenvalue weighted by molar-refractivity contribution is 6.62. The molecular weight excluding hydrogens is 301 g/mol. The fourth-order valence-electron chi connectivity index (χ4n) is 3.33. The number of ether oxygens (including phenoxy) is 1. The normalized spacial score (nSPS) is 24.3. The van der Waals surface area contributed by atoms with E-state index in [0.717, 1.165) is 31.8 Å². The van der Waals surface area contributed by atoms with Gasteiger partial charge in [0, 0.05) is 18.6 Å². The molecule has 132 valence electrons. The number of nitrogens with zero attached hydrogens (tertiary/aromatic N) is 1. The van der Waals surface area contributed by atoms with Crippen LogP contribution in [0.15, 0.2) is 24.3 Å². The van der Waals surface area contributed by atoms with Crippen molar-refractivity contribution >= 4 is 12.6 Å². The van der Waals surface area contributed by atoms with Gasteiger partial charge in [0.1, 0.15) is 0 Å². The molecule has 0 unspecified atom stereocenters. The van der Waals surface area contributed by atoms with Gasteiger partial charge in [-0.1, -0.05) is 24.3 Å². The van der Waals surface area contributed by atoms with Crippen LogP contribution in [0.1, 0.15) is 47.1 Å². The van der Waals surface area contributed by atoms with Crippen LogP contribution in [0.4, 0.5) is 0 Å². The van der Waals surface area contributed by atoms with Crippen LogP contribution < -0.4 is 5.46 Å². The Hall–Kier alpha value is -0.875. The lowest BCUT2D eigenvalue weighted by molar-refractivity contribution is -0.0118. The van der Waals surface area contributed by atoms with Gasteiger partial charge in [-0.3, -0.25) is 4.90 Å². The maximum Gasteiger partial charge on any atom is 0.494 e. The van der Waals surface area contributed by atoms with Crippen molar-refractivity contribution in [2.24, 2.45) is 0 Å². The highest BCUT2D eigenvalue weighted by Gasteiger charge is 2.51. The molecule has 1 aromatic rings. The summed E-state index contributed by atoms with van der Waals surface area (Å²) in [7, 11) is -0.296. The van der Waals surface area contributed by atoms with E-state index in [1.54, 1.807) is 0 Å². The van der Waals surface area contributed by atoms with Crippen LogP contribution >= 0.6 is 0 Å². The Morgan fingerprint density at radius 2 is 1.42 bits per heavy atom. The summed E-state index contributed by atoms with van der Waals surface area (Å²) in [5, 5.41) is 0. The quantitative estimate of drug-likeness (QED) is 0.797. The zero-order valence-corrected chi connectivity index (χ0v) is 15.9. The zero-order valence-electron chi connectivity index (χ0n) is 15.9. The van der Waals surface area contributed by atoms with Crippen LogP contribution in [-0.2, 0) is 19.6 Å². The van der Waals surface area contributed by atoms with Crippen molar-refractivity contribution in [3.8, 4) is 0 Å². The molecule has 2 saturated heterocycles. The average Bonchev–Trinajstić information content (AvgIpc) is 2.76. The highest BCUT2D eigenvalue weighted by atomic mass is 16.7.